The summed E-state index contributed by atoms with van der Waals surface area (Å²) in [5.41, 5.74) is 34.6. The maximum absolute atomic E-state index is 5.55. The number of benzene rings is 14. The molecule has 0 spiro atoms. The minimum Gasteiger partial charge on any atom is -0.311 e. The molecule has 2 aliphatic rings. The minimum atomic E-state index is -0.220. The fourth-order valence-electron chi connectivity index (χ4n) is 18.9. The lowest BCUT2D eigenvalue weighted by atomic mass is 9.33. The number of hydrogen-bond acceptors (Lipinski definition) is 8. The van der Waals surface area contributed by atoms with Crippen molar-refractivity contribution < 1.29 is 0 Å². The molecule has 14 aromatic carbocycles. The van der Waals surface area contributed by atoms with Gasteiger partial charge in [-0.1, -0.05) is 385 Å². The maximum Gasteiger partial charge on any atom is 0.252 e. The minimum absolute atomic E-state index is 0.112. The van der Waals surface area contributed by atoms with Crippen molar-refractivity contribution in [1.82, 2.24) is 34.5 Å². The third-order valence-electron chi connectivity index (χ3n) is 27.0. The second kappa shape index (κ2) is 32.2. The summed E-state index contributed by atoms with van der Waals surface area (Å²) in [5, 5.41) is 2.18. The van der Waals surface area contributed by atoms with Crippen LogP contribution < -0.4 is 26.2 Å². The number of fused-ring (bicyclic) bond motifs is 7. The molecular formula is C122H122BN9. The van der Waals surface area contributed by atoms with E-state index in [0.29, 0.717) is 34.9 Å². The molecule has 0 radical (unpaired) electrons. The van der Waals surface area contributed by atoms with Crippen molar-refractivity contribution in [2.75, 3.05) is 9.80 Å². The summed E-state index contributed by atoms with van der Waals surface area (Å²) in [4.78, 5) is 37.6. The molecule has 0 saturated heterocycles. The van der Waals surface area contributed by atoms with Crippen molar-refractivity contribution in [1.29, 1.82) is 0 Å². The maximum atomic E-state index is 5.55. The lowest BCUT2D eigenvalue weighted by Crippen LogP contribution is -2.61. The van der Waals surface area contributed by atoms with Gasteiger partial charge in [-0.15, -0.1) is 0 Å². The Labute approximate surface area is 782 Å². The SMILES string of the molecule is CC(C)(C)c1cc(-c2ccc3c(c2)N(c2cc(C(C)(C)C)cc(C(C)(C)C)c2)c2cc(-c4ccc5c(c4)c4ccccc4n5-c4ccc(-c5nc(-c6ccccc6)nc(-c6ccccc6)n5)cc4-c4nc(-c5ccccc5)nc(-c5ccccc5)n4)cc4c2B3c2ccc(-c3cc(C(C)(C)C)cc(C(C)(C)C)c3)cc2N4c2cc(C(C)(C)C)cc(C(C)(C)C)c2)cc(C(C)(C)C)c1. The van der Waals surface area contributed by atoms with Gasteiger partial charge in [0.1, 0.15) is 0 Å². The lowest BCUT2D eigenvalue weighted by Gasteiger charge is -2.45. The van der Waals surface area contributed by atoms with Gasteiger partial charge >= 0.3 is 0 Å². The summed E-state index contributed by atoms with van der Waals surface area (Å²) in [6.07, 6.45) is 0. The molecule has 0 atom stereocenters. The Morgan fingerprint density at radius 2 is 0.477 bits per heavy atom. The van der Waals surface area contributed by atoms with Gasteiger partial charge in [0.05, 0.1) is 16.7 Å². The highest BCUT2D eigenvalue weighted by molar-refractivity contribution is 7.00. The van der Waals surface area contributed by atoms with Crippen LogP contribution in [0.25, 0.3) is 129 Å². The Morgan fingerprint density at radius 1 is 0.197 bits per heavy atom. The zero-order chi connectivity index (χ0) is 93.0. The number of anilines is 6. The first-order chi connectivity index (χ1) is 62.4. The number of para-hydroxylation sites is 1. The van der Waals surface area contributed by atoms with E-state index in [0.717, 1.165) is 106 Å². The predicted octanol–water partition coefficient (Wildman–Crippen LogP) is 30.6. The first-order valence-electron chi connectivity index (χ1n) is 47.1. The van der Waals surface area contributed by atoms with E-state index in [4.69, 9.17) is 29.9 Å². The van der Waals surface area contributed by atoms with Gasteiger partial charge < -0.3 is 14.4 Å². The van der Waals surface area contributed by atoms with Gasteiger partial charge in [0, 0.05) is 78.3 Å². The predicted molar refractivity (Wildman–Crippen MR) is 560 cm³/mol. The zero-order valence-corrected chi connectivity index (χ0v) is 81.5. The molecule has 9 nitrogen and oxygen atoms in total. The van der Waals surface area contributed by atoms with E-state index in [2.05, 4.69) is 411 Å². The highest BCUT2D eigenvalue weighted by atomic mass is 15.2. The van der Waals surface area contributed by atoms with Crippen molar-refractivity contribution in [2.24, 2.45) is 0 Å². The average molecular weight is 1730 g/mol. The molecule has 5 heterocycles. The Bertz CT molecular complexity index is 6920. The van der Waals surface area contributed by atoms with Crippen molar-refractivity contribution in [3.8, 4) is 107 Å². The summed E-state index contributed by atoms with van der Waals surface area (Å²) in [6, 6.07) is 113. The third-order valence-corrected chi connectivity index (χ3v) is 27.0. The molecule has 0 saturated carbocycles. The van der Waals surface area contributed by atoms with E-state index >= 15 is 0 Å². The zero-order valence-electron chi connectivity index (χ0n) is 81.5. The van der Waals surface area contributed by atoms with Gasteiger partial charge in [-0.25, -0.2) is 29.9 Å². The van der Waals surface area contributed by atoms with Crippen LogP contribution in [-0.2, 0) is 43.3 Å². The van der Waals surface area contributed by atoms with Gasteiger partial charge in [-0.3, -0.25) is 0 Å². The molecule has 3 aromatic heterocycles. The van der Waals surface area contributed by atoms with Gasteiger partial charge in [0.15, 0.2) is 34.9 Å². The highest BCUT2D eigenvalue weighted by Gasteiger charge is 2.46. The Kier molecular flexibility index (Phi) is 21.5. The summed E-state index contributed by atoms with van der Waals surface area (Å²) < 4.78 is 2.42. The van der Waals surface area contributed by atoms with Crippen LogP contribution in [0.4, 0.5) is 34.1 Å². The molecule has 10 heteroatoms. The van der Waals surface area contributed by atoms with Gasteiger partial charge in [0.2, 0.25) is 0 Å². The fraction of sp³-hybridized carbons (Fsp3) is 0.262. The lowest BCUT2D eigenvalue weighted by molar-refractivity contribution is 0.568. The Balaban J connectivity index is 0.919. The van der Waals surface area contributed by atoms with E-state index in [9.17, 15) is 0 Å². The smallest absolute Gasteiger partial charge is 0.252 e. The van der Waals surface area contributed by atoms with Crippen LogP contribution in [0, 0.1) is 0 Å². The summed E-state index contributed by atoms with van der Waals surface area (Å²) >= 11 is 0. The molecule has 0 unspecified atom stereocenters. The van der Waals surface area contributed by atoms with Crippen LogP contribution in [-0.4, -0.2) is 41.2 Å². The highest BCUT2D eigenvalue weighted by Crippen LogP contribution is 2.52. The first-order valence-corrected chi connectivity index (χ1v) is 47.1. The van der Waals surface area contributed by atoms with Crippen LogP contribution >= 0.6 is 0 Å². The summed E-state index contributed by atoms with van der Waals surface area (Å²) in [5.74, 6) is 3.24. The van der Waals surface area contributed by atoms with Crippen LogP contribution in [0.2, 0.25) is 0 Å². The molecule has 0 aliphatic carbocycles. The standard InChI is InChI=1S/C122H122BN9/c1-115(2,3)86-57-83(58-87(67-86)116(4,5)6)80-49-53-99-104(63-80)130(94-71-90(119(13,14)15)69-91(72-94)120(16,17)18)106-65-85(66-107-108(106)123(99)100-54-50-81(84-59-88(117(7,8)9)68-89(60-84)118(10,11)12)64-105(100)131(107)95-73-92(121(19,20)21)70-93(74-95)122(22,23)24)79-51-55-102-97(61-79)96-47-37-38-48-101(96)132(102)103-56-52-82(113-126-109(75-39-29-25-30-40-75)124-110(127-113)76-41-31-26-32-42-76)62-98(103)114-128-111(77-43-33-27-34-44-77)125-112(129-114)78-45-35-28-36-46-78/h25-74H,1-24H3. The Hall–Kier alpha value is -13.4. The van der Waals surface area contributed by atoms with Crippen LogP contribution in [0.1, 0.15) is 211 Å². The molecule has 0 fully saturated rings. The van der Waals surface area contributed by atoms with Crippen molar-refractivity contribution >= 4 is 79.0 Å². The quantitative estimate of drug-likeness (QED) is 0.112. The van der Waals surface area contributed by atoms with Gasteiger partial charge in [0.25, 0.3) is 6.71 Å². The third kappa shape index (κ3) is 16.7. The second-order valence-corrected chi connectivity index (χ2v) is 45.1. The monoisotopic (exact) mass is 1720 g/mol. The Morgan fingerprint density at radius 3 is 0.833 bits per heavy atom. The molecule has 17 aromatic rings. The molecule has 0 bridgehead atoms. The number of hydrogen-bond donors (Lipinski definition) is 0. The van der Waals surface area contributed by atoms with Crippen LogP contribution in [0.15, 0.2) is 303 Å². The average Bonchev–Trinajstić information content (AvgIpc) is 0.736. The van der Waals surface area contributed by atoms with E-state index in [1.54, 1.807) is 0 Å². The molecule has 2 aliphatic heterocycles. The fourth-order valence-corrected chi connectivity index (χ4v) is 18.9. The summed E-state index contributed by atoms with van der Waals surface area (Å²) in [7, 11) is 0. The van der Waals surface area contributed by atoms with Crippen molar-refractivity contribution in [3.05, 3.63) is 348 Å². The van der Waals surface area contributed by atoms with Gasteiger partial charge in [-0.2, -0.15) is 0 Å². The van der Waals surface area contributed by atoms with E-state index in [1.165, 1.54) is 83.1 Å². The molecule has 132 heavy (non-hydrogen) atoms. The van der Waals surface area contributed by atoms with Crippen LogP contribution in [0.5, 0.6) is 0 Å². The van der Waals surface area contributed by atoms with E-state index < -0.39 is 0 Å². The number of aromatic nitrogens is 7. The second-order valence-electron chi connectivity index (χ2n) is 45.1. The number of nitrogens with zero attached hydrogens (tertiary/aromatic N) is 9. The number of rotatable bonds is 12. The van der Waals surface area contributed by atoms with Crippen LogP contribution in [0.3, 0.4) is 0 Å². The molecule has 0 amide bonds. The van der Waals surface area contributed by atoms with E-state index in [1.807, 2.05) is 72.8 Å². The van der Waals surface area contributed by atoms with E-state index in [-0.39, 0.29) is 50.0 Å². The summed E-state index contributed by atoms with van der Waals surface area (Å²) in [6.45, 7) is 56.5. The van der Waals surface area contributed by atoms with Gasteiger partial charge in [-0.05, 0) is 223 Å². The molecule has 19 rings (SSSR count). The normalized spacial score (nSPS) is 13.3. The molecular weight excluding hydrogens is 1600 g/mol. The largest absolute Gasteiger partial charge is 0.311 e. The topological polar surface area (TPSA) is 88.8 Å². The van der Waals surface area contributed by atoms with Crippen molar-refractivity contribution in [3.63, 3.8) is 0 Å². The molecule has 0 N–H and O–H groups in total. The first kappa shape index (κ1) is 87.9. The molecule has 658 valence electrons. The van der Waals surface area contributed by atoms with Crippen molar-refractivity contribution in [2.45, 2.75) is 209 Å².